The van der Waals surface area contributed by atoms with Gasteiger partial charge in [-0.3, -0.25) is 14.4 Å². The molecule has 1 N–H and O–H groups in total. The predicted octanol–water partition coefficient (Wildman–Crippen LogP) is 2.76. The summed E-state index contributed by atoms with van der Waals surface area (Å²) in [6.45, 7) is 0. The minimum absolute atomic E-state index is 0.0230. The van der Waals surface area contributed by atoms with Gasteiger partial charge in [0.25, 0.3) is 0 Å². The van der Waals surface area contributed by atoms with Gasteiger partial charge in [0.2, 0.25) is 5.78 Å². The fraction of sp³-hybridized carbons (Fsp3) is 0.105. The molecule has 0 saturated carbocycles. The van der Waals surface area contributed by atoms with Crippen LogP contribution in [-0.4, -0.2) is 22.6 Å². The highest BCUT2D eigenvalue weighted by atomic mass is 16.5. The highest BCUT2D eigenvalue weighted by Gasteiger charge is 2.42. The second kappa shape index (κ2) is 5.16. The number of fused-ring (bicyclic) bond motifs is 1. The zero-order valence-corrected chi connectivity index (χ0v) is 12.5. The quantitative estimate of drug-likeness (QED) is 0.817. The number of allylic oxidation sites excluding steroid dienone is 2. The van der Waals surface area contributed by atoms with Crippen molar-refractivity contribution >= 4 is 17.5 Å². The minimum atomic E-state index is -0.563. The Labute approximate surface area is 137 Å². The number of Topliss-reactive ketones (excluding diaryl/α,β-unsaturated/α-hetero) is 2. The van der Waals surface area contributed by atoms with Crippen molar-refractivity contribution in [3.63, 3.8) is 0 Å². The molecule has 2 aromatic carbocycles. The first-order chi connectivity index (χ1) is 11.6. The van der Waals surface area contributed by atoms with Crippen molar-refractivity contribution in [3.8, 4) is 5.75 Å². The Kier molecular flexibility index (Phi) is 3.09. The van der Waals surface area contributed by atoms with E-state index in [9.17, 15) is 19.5 Å². The number of rotatable bonds is 1. The summed E-state index contributed by atoms with van der Waals surface area (Å²) in [5.41, 5.74) is 1.46. The molecule has 5 heteroatoms. The van der Waals surface area contributed by atoms with E-state index < -0.39 is 17.7 Å². The Morgan fingerprint density at radius 3 is 2.17 bits per heavy atom. The summed E-state index contributed by atoms with van der Waals surface area (Å²) in [6.07, 6.45) is -0.0230. The van der Waals surface area contributed by atoms with E-state index in [1.165, 1.54) is 12.1 Å². The SMILES string of the molecule is O=C1CC(c2ccc(O)cc2)C2=C(O1)C(=O)c1ccccc1C2=O. The van der Waals surface area contributed by atoms with Crippen LogP contribution in [0.5, 0.6) is 5.75 Å². The molecule has 0 fully saturated rings. The van der Waals surface area contributed by atoms with Gasteiger partial charge in [0.15, 0.2) is 11.5 Å². The molecule has 5 nitrogen and oxygen atoms in total. The summed E-state index contributed by atoms with van der Waals surface area (Å²) >= 11 is 0. The molecule has 0 spiro atoms. The van der Waals surface area contributed by atoms with Gasteiger partial charge in [0.1, 0.15) is 5.75 Å². The highest BCUT2D eigenvalue weighted by Crippen LogP contribution is 2.41. The van der Waals surface area contributed by atoms with E-state index in [2.05, 4.69) is 0 Å². The van der Waals surface area contributed by atoms with Crippen LogP contribution in [0.4, 0.5) is 0 Å². The molecule has 0 amide bonds. The summed E-state index contributed by atoms with van der Waals surface area (Å²) in [7, 11) is 0. The second-order valence-corrected chi connectivity index (χ2v) is 5.77. The first-order valence-electron chi connectivity index (χ1n) is 7.48. The molecule has 1 heterocycles. The fourth-order valence-corrected chi connectivity index (χ4v) is 3.21. The number of phenols is 1. The number of aromatic hydroxyl groups is 1. The molecule has 0 radical (unpaired) electrons. The largest absolute Gasteiger partial charge is 0.508 e. The van der Waals surface area contributed by atoms with Crippen molar-refractivity contribution in [2.45, 2.75) is 12.3 Å². The molecule has 0 aromatic heterocycles. The van der Waals surface area contributed by atoms with Gasteiger partial charge in [0, 0.05) is 17.0 Å². The third kappa shape index (κ3) is 2.06. The van der Waals surface area contributed by atoms with E-state index in [4.69, 9.17) is 4.74 Å². The van der Waals surface area contributed by atoms with Gasteiger partial charge in [-0.25, -0.2) is 0 Å². The van der Waals surface area contributed by atoms with E-state index in [1.54, 1.807) is 36.4 Å². The molecular formula is C19H12O5. The molecule has 2 aromatic rings. The normalized spacial score (nSPS) is 19.7. The van der Waals surface area contributed by atoms with Crippen molar-refractivity contribution in [1.29, 1.82) is 0 Å². The summed E-state index contributed by atoms with van der Waals surface area (Å²) in [5, 5.41) is 9.44. The molecular weight excluding hydrogens is 308 g/mol. The molecule has 1 aliphatic carbocycles. The first kappa shape index (κ1) is 14.4. The summed E-state index contributed by atoms with van der Waals surface area (Å²) < 4.78 is 5.13. The standard InChI is InChI=1S/C19H12O5/c20-11-7-5-10(6-8-11)14-9-15(21)24-19-16(14)17(22)12-3-1-2-4-13(12)18(19)23/h1-8,14,20H,9H2. The lowest BCUT2D eigenvalue weighted by Crippen LogP contribution is -2.32. The summed E-state index contributed by atoms with van der Waals surface area (Å²) in [4.78, 5) is 37.5. The predicted molar refractivity (Wildman–Crippen MR) is 83.7 cm³/mol. The van der Waals surface area contributed by atoms with Gasteiger partial charge in [0.05, 0.1) is 12.0 Å². The zero-order chi connectivity index (χ0) is 16.8. The topological polar surface area (TPSA) is 80.7 Å². The number of ether oxygens (including phenoxy) is 1. The van der Waals surface area contributed by atoms with Crippen LogP contribution in [0, 0.1) is 0 Å². The van der Waals surface area contributed by atoms with Crippen LogP contribution in [0.3, 0.4) is 0 Å². The molecule has 24 heavy (non-hydrogen) atoms. The Morgan fingerprint density at radius 1 is 0.875 bits per heavy atom. The average Bonchev–Trinajstić information content (AvgIpc) is 2.59. The lowest BCUT2D eigenvalue weighted by molar-refractivity contribution is -0.140. The number of ketones is 2. The van der Waals surface area contributed by atoms with E-state index in [1.807, 2.05) is 0 Å². The van der Waals surface area contributed by atoms with Crippen molar-refractivity contribution in [2.75, 3.05) is 0 Å². The number of esters is 1. The van der Waals surface area contributed by atoms with Gasteiger partial charge < -0.3 is 9.84 Å². The van der Waals surface area contributed by atoms with E-state index >= 15 is 0 Å². The molecule has 118 valence electrons. The second-order valence-electron chi connectivity index (χ2n) is 5.77. The van der Waals surface area contributed by atoms with Crippen LogP contribution in [0.1, 0.15) is 38.6 Å². The monoisotopic (exact) mass is 320 g/mol. The van der Waals surface area contributed by atoms with Crippen LogP contribution in [0.2, 0.25) is 0 Å². The van der Waals surface area contributed by atoms with Gasteiger partial charge in [-0.15, -0.1) is 0 Å². The maximum absolute atomic E-state index is 12.9. The maximum atomic E-state index is 12.9. The molecule has 4 rings (SSSR count). The van der Waals surface area contributed by atoms with E-state index in [0.29, 0.717) is 11.1 Å². The zero-order valence-electron chi connectivity index (χ0n) is 12.5. The minimum Gasteiger partial charge on any atom is -0.508 e. The third-order valence-electron chi connectivity index (χ3n) is 4.34. The van der Waals surface area contributed by atoms with Crippen LogP contribution in [0.15, 0.2) is 59.9 Å². The number of hydrogen-bond acceptors (Lipinski definition) is 5. The number of benzene rings is 2. The first-order valence-corrected chi connectivity index (χ1v) is 7.48. The Balaban J connectivity index is 1.90. The van der Waals surface area contributed by atoms with Crippen LogP contribution >= 0.6 is 0 Å². The van der Waals surface area contributed by atoms with Gasteiger partial charge in [-0.1, -0.05) is 36.4 Å². The number of carbonyl (C=O) groups is 3. The molecule has 1 unspecified atom stereocenters. The summed E-state index contributed by atoms with van der Waals surface area (Å²) in [5.74, 6) is -1.95. The summed E-state index contributed by atoms with van der Waals surface area (Å²) in [6, 6.07) is 12.8. The Bertz CT molecular complexity index is 921. The van der Waals surface area contributed by atoms with Crippen molar-refractivity contribution < 1.29 is 24.2 Å². The molecule has 0 saturated heterocycles. The maximum Gasteiger partial charge on any atom is 0.312 e. The van der Waals surface area contributed by atoms with Crippen molar-refractivity contribution in [1.82, 2.24) is 0 Å². The third-order valence-corrected chi connectivity index (χ3v) is 4.34. The lowest BCUT2D eigenvalue weighted by Gasteiger charge is -2.29. The Morgan fingerprint density at radius 2 is 1.50 bits per heavy atom. The van der Waals surface area contributed by atoms with Crippen LogP contribution < -0.4 is 0 Å². The molecule has 0 bridgehead atoms. The average molecular weight is 320 g/mol. The fourth-order valence-electron chi connectivity index (χ4n) is 3.21. The molecule has 1 atom stereocenters. The van der Waals surface area contributed by atoms with Crippen LogP contribution in [-0.2, 0) is 9.53 Å². The van der Waals surface area contributed by atoms with Crippen molar-refractivity contribution in [2.24, 2.45) is 0 Å². The number of phenolic OH excluding ortho intramolecular Hbond substituents is 1. The number of carbonyl (C=O) groups excluding carboxylic acids is 3. The van der Waals surface area contributed by atoms with E-state index in [-0.39, 0.29) is 34.8 Å². The van der Waals surface area contributed by atoms with Gasteiger partial charge in [-0.05, 0) is 17.7 Å². The van der Waals surface area contributed by atoms with Gasteiger partial charge >= 0.3 is 5.97 Å². The molecule has 1 aliphatic heterocycles. The highest BCUT2D eigenvalue weighted by molar-refractivity contribution is 6.27. The number of hydrogen-bond donors (Lipinski definition) is 1. The Hall–Kier alpha value is -3.21. The smallest absolute Gasteiger partial charge is 0.312 e. The molecule has 2 aliphatic rings. The lowest BCUT2D eigenvalue weighted by atomic mass is 9.77. The van der Waals surface area contributed by atoms with Gasteiger partial charge in [-0.2, -0.15) is 0 Å². The van der Waals surface area contributed by atoms with Crippen molar-refractivity contribution in [3.05, 3.63) is 76.6 Å². The van der Waals surface area contributed by atoms with Crippen LogP contribution in [0.25, 0.3) is 0 Å². The van der Waals surface area contributed by atoms with E-state index in [0.717, 1.165) is 0 Å².